The van der Waals surface area contributed by atoms with E-state index in [0.29, 0.717) is 5.92 Å². The van der Waals surface area contributed by atoms with Gasteiger partial charge in [-0.05, 0) is 44.3 Å². The molecule has 0 aliphatic carbocycles. The maximum atomic E-state index is 4.86. The van der Waals surface area contributed by atoms with Gasteiger partial charge < -0.3 is 15.1 Å². The Kier molecular flexibility index (Phi) is 7.40. The smallest absolute Gasteiger partial charge is 0.193 e. The zero-order valence-electron chi connectivity index (χ0n) is 15.0. The van der Waals surface area contributed by atoms with Crippen LogP contribution in [0.2, 0.25) is 0 Å². The van der Waals surface area contributed by atoms with Gasteiger partial charge in [-0.3, -0.25) is 4.99 Å². The summed E-state index contributed by atoms with van der Waals surface area (Å²) in [5, 5.41) is 3.41. The second-order valence-corrected chi connectivity index (χ2v) is 6.65. The standard InChI is InChI=1S/C19H32N4/c1-4-20-19(22(3)16-18-10-6-5-7-11-18)21-14-17(2)15-23-12-8-9-13-23/h5-7,10-11,17H,4,8-9,12-16H2,1-3H3,(H,20,21). The fourth-order valence-corrected chi connectivity index (χ4v) is 3.11. The van der Waals surface area contributed by atoms with E-state index in [1.807, 2.05) is 0 Å². The normalized spacial score (nSPS) is 17.3. The van der Waals surface area contributed by atoms with Crippen molar-refractivity contribution in [2.75, 3.05) is 39.8 Å². The first-order chi connectivity index (χ1) is 11.2. The molecule has 4 nitrogen and oxygen atoms in total. The first-order valence-electron chi connectivity index (χ1n) is 8.94. The van der Waals surface area contributed by atoms with Crippen LogP contribution in [0.4, 0.5) is 0 Å². The summed E-state index contributed by atoms with van der Waals surface area (Å²) in [6.45, 7) is 10.8. The zero-order chi connectivity index (χ0) is 16.5. The van der Waals surface area contributed by atoms with Crippen LogP contribution in [-0.4, -0.2) is 55.5 Å². The summed E-state index contributed by atoms with van der Waals surface area (Å²) in [6, 6.07) is 10.6. The molecule has 1 aliphatic heterocycles. The molecule has 1 unspecified atom stereocenters. The van der Waals surface area contributed by atoms with Gasteiger partial charge in [-0.25, -0.2) is 0 Å². The highest BCUT2D eigenvalue weighted by atomic mass is 15.3. The van der Waals surface area contributed by atoms with Crippen LogP contribution in [0.1, 0.15) is 32.3 Å². The second-order valence-electron chi connectivity index (χ2n) is 6.65. The molecular formula is C19H32N4. The molecule has 4 heteroatoms. The van der Waals surface area contributed by atoms with Gasteiger partial charge in [-0.2, -0.15) is 0 Å². The Labute approximate surface area is 141 Å². The molecule has 2 rings (SSSR count). The van der Waals surface area contributed by atoms with Crippen molar-refractivity contribution < 1.29 is 0 Å². The van der Waals surface area contributed by atoms with E-state index in [0.717, 1.165) is 25.6 Å². The summed E-state index contributed by atoms with van der Waals surface area (Å²) in [6.07, 6.45) is 2.72. The number of aliphatic imine (C=N–C) groups is 1. The molecule has 0 radical (unpaired) electrons. The van der Waals surface area contributed by atoms with Gasteiger partial charge in [-0.1, -0.05) is 37.3 Å². The van der Waals surface area contributed by atoms with E-state index in [1.165, 1.54) is 38.0 Å². The van der Waals surface area contributed by atoms with Crippen LogP contribution in [0.3, 0.4) is 0 Å². The van der Waals surface area contributed by atoms with E-state index in [2.05, 4.69) is 66.3 Å². The largest absolute Gasteiger partial charge is 0.357 e. The average molecular weight is 316 g/mol. The molecule has 1 atom stereocenters. The minimum Gasteiger partial charge on any atom is -0.357 e. The lowest BCUT2D eigenvalue weighted by molar-refractivity contribution is 0.291. The topological polar surface area (TPSA) is 30.9 Å². The molecule has 1 saturated heterocycles. The Morgan fingerprint density at radius 2 is 1.96 bits per heavy atom. The van der Waals surface area contributed by atoms with Crippen LogP contribution in [0.5, 0.6) is 0 Å². The molecule has 0 spiro atoms. The number of nitrogens with zero attached hydrogens (tertiary/aromatic N) is 3. The number of nitrogens with one attached hydrogen (secondary N) is 1. The van der Waals surface area contributed by atoms with Crippen LogP contribution in [0, 0.1) is 5.92 Å². The van der Waals surface area contributed by atoms with Crippen molar-refractivity contribution in [2.24, 2.45) is 10.9 Å². The predicted molar refractivity (Wildman–Crippen MR) is 98.7 cm³/mol. The van der Waals surface area contributed by atoms with E-state index in [1.54, 1.807) is 0 Å². The lowest BCUT2D eigenvalue weighted by atomic mass is 10.2. The van der Waals surface area contributed by atoms with E-state index in [9.17, 15) is 0 Å². The lowest BCUT2D eigenvalue weighted by Gasteiger charge is -2.23. The molecule has 0 amide bonds. The first-order valence-corrected chi connectivity index (χ1v) is 8.94. The molecule has 1 N–H and O–H groups in total. The minimum atomic E-state index is 0.604. The van der Waals surface area contributed by atoms with Gasteiger partial charge in [0.05, 0.1) is 0 Å². The van der Waals surface area contributed by atoms with E-state index >= 15 is 0 Å². The van der Waals surface area contributed by atoms with Gasteiger partial charge >= 0.3 is 0 Å². The number of likely N-dealkylation sites (tertiary alicyclic amines) is 1. The third-order valence-corrected chi connectivity index (χ3v) is 4.28. The van der Waals surface area contributed by atoms with Crippen LogP contribution in [-0.2, 0) is 6.54 Å². The number of guanidine groups is 1. The Morgan fingerprint density at radius 1 is 1.26 bits per heavy atom. The van der Waals surface area contributed by atoms with Gasteiger partial charge in [-0.15, -0.1) is 0 Å². The van der Waals surface area contributed by atoms with Crippen molar-refractivity contribution in [3.8, 4) is 0 Å². The Hall–Kier alpha value is -1.55. The van der Waals surface area contributed by atoms with Gasteiger partial charge in [0, 0.05) is 33.2 Å². The van der Waals surface area contributed by atoms with Crippen LogP contribution >= 0.6 is 0 Å². The number of hydrogen-bond donors (Lipinski definition) is 1. The molecule has 0 aromatic heterocycles. The molecular weight excluding hydrogens is 284 g/mol. The summed E-state index contributed by atoms with van der Waals surface area (Å²) >= 11 is 0. The summed E-state index contributed by atoms with van der Waals surface area (Å²) < 4.78 is 0. The quantitative estimate of drug-likeness (QED) is 0.620. The van der Waals surface area contributed by atoms with Crippen molar-refractivity contribution in [3.63, 3.8) is 0 Å². The van der Waals surface area contributed by atoms with Gasteiger partial charge in [0.25, 0.3) is 0 Å². The Morgan fingerprint density at radius 3 is 2.61 bits per heavy atom. The number of rotatable bonds is 7. The summed E-state index contributed by atoms with van der Waals surface area (Å²) in [7, 11) is 2.11. The number of hydrogen-bond acceptors (Lipinski definition) is 2. The summed E-state index contributed by atoms with van der Waals surface area (Å²) in [4.78, 5) is 9.64. The van der Waals surface area contributed by atoms with Crippen molar-refractivity contribution in [1.82, 2.24) is 15.1 Å². The fourth-order valence-electron chi connectivity index (χ4n) is 3.11. The molecule has 0 bridgehead atoms. The fraction of sp³-hybridized carbons (Fsp3) is 0.632. The molecule has 1 aromatic carbocycles. The Bertz CT molecular complexity index is 466. The third-order valence-electron chi connectivity index (χ3n) is 4.28. The molecule has 1 heterocycles. The van der Waals surface area contributed by atoms with E-state index in [-0.39, 0.29) is 0 Å². The zero-order valence-corrected chi connectivity index (χ0v) is 15.0. The monoisotopic (exact) mass is 316 g/mol. The van der Waals surface area contributed by atoms with Gasteiger partial charge in [0.15, 0.2) is 5.96 Å². The second kappa shape index (κ2) is 9.56. The Balaban J connectivity index is 1.87. The van der Waals surface area contributed by atoms with Crippen molar-refractivity contribution in [3.05, 3.63) is 35.9 Å². The maximum Gasteiger partial charge on any atom is 0.193 e. The number of benzene rings is 1. The third kappa shape index (κ3) is 6.22. The van der Waals surface area contributed by atoms with Crippen molar-refractivity contribution in [2.45, 2.75) is 33.2 Å². The first kappa shape index (κ1) is 17.8. The SMILES string of the molecule is CCNC(=NCC(C)CN1CCCC1)N(C)Cc1ccccc1. The molecule has 1 aliphatic rings. The van der Waals surface area contributed by atoms with Crippen LogP contribution in [0.25, 0.3) is 0 Å². The molecule has 23 heavy (non-hydrogen) atoms. The van der Waals surface area contributed by atoms with Gasteiger partial charge in [0.2, 0.25) is 0 Å². The molecule has 128 valence electrons. The summed E-state index contributed by atoms with van der Waals surface area (Å²) in [5.74, 6) is 1.61. The predicted octanol–water partition coefficient (Wildman–Crippen LogP) is 2.82. The lowest BCUT2D eigenvalue weighted by Crippen LogP contribution is -2.39. The van der Waals surface area contributed by atoms with Crippen molar-refractivity contribution >= 4 is 5.96 Å². The minimum absolute atomic E-state index is 0.604. The molecule has 1 fully saturated rings. The highest BCUT2D eigenvalue weighted by Gasteiger charge is 2.15. The highest BCUT2D eigenvalue weighted by molar-refractivity contribution is 5.79. The van der Waals surface area contributed by atoms with Crippen molar-refractivity contribution in [1.29, 1.82) is 0 Å². The maximum absolute atomic E-state index is 4.86. The summed E-state index contributed by atoms with van der Waals surface area (Å²) in [5.41, 5.74) is 1.31. The van der Waals surface area contributed by atoms with Gasteiger partial charge in [0.1, 0.15) is 0 Å². The highest BCUT2D eigenvalue weighted by Crippen LogP contribution is 2.10. The van der Waals surface area contributed by atoms with Crippen LogP contribution < -0.4 is 5.32 Å². The molecule has 0 saturated carbocycles. The van der Waals surface area contributed by atoms with Crippen LogP contribution in [0.15, 0.2) is 35.3 Å². The molecule has 1 aromatic rings. The van der Waals surface area contributed by atoms with E-state index in [4.69, 9.17) is 4.99 Å². The van der Waals surface area contributed by atoms with E-state index < -0.39 is 0 Å². The average Bonchev–Trinajstić information content (AvgIpc) is 3.05.